The molecule has 3 rings (SSSR count). The zero-order chi connectivity index (χ0) is 15.5. The summed E-state index contributed by atoms with van der Waals surface area (Å²) < 4.78 is 5.45. The lowest BCUT2D eigenvalue weighted by atomic mass is 10.1. The van der Waals surface area contributed by atoms with Crippen molar-refractivity contribution in [1.82, 2.24) is 10.6 Å². The van der Waals surface area contributed by atoms with Crippen LogP contribution in [0.5, 0.6) is 0 Å². The van der Waals surface area contributed by atoms with E-state index in [-0.39, 0.29) is 36.9 Å². The van der Waals surface area contributed by atoms with Gasteiger partial charge in [0, 0.05) is 18.8 Å². The highest BCUT2D eigenvalue weighted by Gasteiger charge is 2.29. The van der Waals surface area contributed by atoms with Crippen molar-refractivity contribution < 1.29 is 14.3 Å². The first-order valence-corrected chi connectivity index (χ1v) is 7.68. The maximum Gasteiger partial charge on any atom is 0.246 e. The zero-order valence-corrected chi connectivity index (χ0v) is 13.9. The van der Waals surface area contributed by atoms with Crippen molar-refractivity contribution in [3.63, 3.8) is 0 Å². The first kappa shape index (κ1) is 17.7. The number of hydrogen-bond donors (Lipinski definition) is 2. The topological polar surface area (TPSA) is 70.7 Å². The van der Waals surface area contributed by atoms with Gasteiger partial charge in [-0.15, -0.1) is 12.4 Å². The van der Waals surface area contributed by atoms with Crippen LogP contribution in [-0.2, 0) is 20.7 Å². The molecule has 2 amide bonds. The van der Waals surface area contributed by atoms with E-state index in [1.54, 1.807) is 4.90 Å². The lowest BCUT2D eigenvalue weighted by Gasteiger charge is -2.29. The Morgan fingerprint density at radius 3 is 2.96 bits per heavy atom. The molecule has 0 unspecified atom stereocenters. The third kappa shape index (κ3) is 3.83. The number of ether oxygens (including phenoxy) is 1. The maximum atomic E-state index is 12.3. The second kappa shape index (κ2) is 7.77. The molecule has 0 bridgehead atoms. The molecule has 2 aliphatic heterocycles. The van der Waals surface area contributed by atoms with Crippen LogP contribution in [0.3, 0.4) is 0 Å². The molecule has 6 nitrogen and oxygen atoms in total. The van der Waals surface area contributed by atoms with Crippen LogP contribution < -0.4 is 15.5 Å². The lowest BCUT2D eigenvalue weighted by Crippen LogP contribution is -2.56. The Labute approximate surface area is 142 Å². The molecule has 7 heteroatoms. The number of nitrogens with one attached hydrogen (secondary N) is 2. The average molecular weight is 340 g/mol. The van der Waals surface area contributed by atoms with Gasteiger partial charge in [0.05, 0.1) is 19.3 Å². The van der Waals surface area contributed by atoms with Crippen molar-refractivity contribution in [3.05, 3.63) is 29.8 Å². The van der Waals surface area contributed by atoms with Crippen LogP contribution in [0.4, 0.5) is 5.69 Å². The predicted molar refractivity (Wildman–Crippen MR) is 90.0 cm³/mol. The van der Waals surface area contributed by atoms with Gasteiger partial charge >= 0.3 is 0 Å². The van der Waals surface area contributed by atoms with Gasteiger partial charge in [0.25, 0.3) is 0 Å². The van der Waals surface area contributed by atoms with Crippen molar-refractivity contribution in [2.24, 2.45) is 0 Å². The van der Waals surface area contributed by atoms with E-state index >= 15 is 0 Å². The number of hydrogen-bond acceptors (Lipinski definition) is 4. The molecule has 1 aromatic rings. The van der Waals surface area contributed by atoms with E-state index in [0.717, 1.165) is 12.1 Å². The number of carbonyl (C=O) groups excluding carboxylic acids is 2. The van der Waals surface area contributed by atoms with Crippen molar-refractivity contribution in [1.29, 1.82) is 0 Å². The molecule has 1 saturated heterocycles. The first-order valence-electron chi connectivity index (χ1n) is 7.68. The predicted octanol–water partition coefficient (Wildman–Crippen LogP) is 0.491. The summed E-state index contributed by atoms with van der Waals surface area (Å²) in [6.07, 6.45) is 0.682. The Morgan fingerprint density at radius 2 is 2.17 bits per heavy atom. The summed E-state index contributed by atoms with van der Waals surface area (Å²) in [6, 6.07) is 7.48. The molecule has 0 aliphatic carbocycles. The van der Waals surface area contributed by atoms with Crippen LogP contribution in [0.2, 0.25) is 0 Å². The number of amides is 2. The Morgan fingerprint density at radius 1 is 1.39 bits per heavy atom. The van der Waals surface area contributed by atoms with E-state index in [4.69, 9.17) is 4.74 Å². The minimum Gasteiger partial charge on any atom is -0.375 e. The number of morpholine rings is 1. The van der Waals surface area contributed by atoms with Crippen LogP contribution >= 0.6 is 12.4 Å². The lowest BCUT2D eigenvalue weighted by molar-refractivity contribution is -0.131. The fourth-order valence-corrected chi connectivity index (χ4v) is 2.99. The summed E-state index contributed by atoms with van der Waals surface area (Å²) in [6.45, 7) is 3.80. The van der Waals surface area contributed by atoms with Gasteiger partial charge in [0.2, 0.25) is 11.8 Å². The monoisotopic (exact) mass is 339 g/mol. The second-order valence-corrected chi connectivity index (χ2v) is 5.65. The Kier molecular flexibility index (Phi) is 5.98. The van der Waals surface area contributed by atoms with Gasteiger partial charge in [-0.05, 0) is 25.0 Å². The number of nitrogens with zero attached hydrogens (tertiary/aromatic N) is 1. The summed E-state index contributed by atoms with van der Waals surface area (Å²) in [5.74, 6) is -0.268. The quantitative estimate of drug-likeness (QED) is 0.841. The maximum absolute atomic E-state index is 12.3. The smallest absolute Gasteiger partial charge is 0.246 e. The number of fused-ring (bicyclic) bond motifs is 1. The third-order valence-electron chi connectivity index (χ3n) is 4.20. The zero-order valence-electron chi connectivity index (χ0n) is 13.1. The summed E-state index contributed by atoms with van der Waals surface area (Å²) in [4.78, 5) is 26.2. The van der Waals surface area contributed by atoms with E-state index in [9.17, 15) is 9.59 Å². The summed E-state index contributed by atoms with van der Waals surface area (Å²) >= 11 is 0. The second-order valence-electron chi connectivity index (χ2n) is 5.65. The molecule has 126 valence electrons. The summed E-state index contributed by atoms with van der Waals surface area (Å²) in [5, 5.41) is 5.83. The molecule has 0 spiro atoms. The number of halogens is 1. The highest BCUT2D eigenvalue weighted by Crippen LogP contribution is 2.27. The van der Waals surface area contributed by atoms with Crippen LogP contribution in [0.1, 0.15) is 12.5 Å². The summed E-state index contributed by atoms with van der Waals surface area (Å²) in [5.41, 5.74) is 2.13. The van der Waals surface area contributed by atoms with Gasteiger partial charge in [-0.1, -0.05) is 18.2 Å². The van der Waals surface area contributed by atoms with Crippen LogP contribution in [0.15, 0.2) is 24.3 Å². The fourth-order valence-electron chi connectivity index (χ4n) is 2.99. The SMILES string of the molecule is C[C@H]1OCCN[C@@H]1C(=O)NCC(=O)N1CCc2ccccc21.Cl. The summed E-state index contributed by atoms with van der Waals surface area (Å²) in [7, 11) is 0. The van der Waals surface area contributed by atoms with Gasteiger partial charge < -0.3 is 20.3 Å². The normalized spacial score (nSPS) is 22.9. The highest BCUT2D eigenvalue weighted by atomic mass is 35.5. The highest BCUT2D eigenvalue weighted by molar-refractivity contribution is 5.98. The number of benzene rings is 1. The van der Waals surface area contributed by atoms with E-state index in [0.29, 0.717) is 19.7 Å². The van der Waals surface area contributed by atoms with E-state index in [1.807, 2.05) is 31.2 Å². The van der Waals surface area contributed by atoms with Crippen LogP contribution in [0, 0.1) is 0 Å². The van der Waals surface area contributed by atoms with Crippen LogP contribution in [-0.4, -0.2) is 50.2 Å². The first-order chi connectivity index (χ1) is 10.7. The Hall–Kier alpha value is -1.63. The van der Waals surface area contributed by atoms with Gasteiger partial charge in [-0.3, -0.25) is 9.59 Å². The largest absolute Gasteiger partial charge is 0.375 e. The molecular formula is C16H22ClN3O3. The van der Waals surface area contributed by atoms with E-state index in [1.165, 1.54) is 5.56 Å². The molecule has 2 atom stereocenters. The van der Waals surface area contributed by atoms with Gasteiger partial charge in [-0.2, -0.15) is 0 Å². The average Bonchev–Trinajstić information content (AvgIpc) is 2.97. The van der Waals surface area contributed by atoms with Gasteiger partial charge in [0.1, 0.15) is 6.04 Å². The number of rotatable bonds is 3. The van der Waals surface area contributed by atoms with Crippen LogP contribution in [0.25, 0.3) is 0 Å². The van der Waals surface area contributed by atoms with E-state index < -0.39 is 6.04 Å². The van der Waals surface area contributed by atoms with Crippen molar-refractivity contribution in [2.75, 3.05) is 31.1 Å². The molecular weight excluding hydrogens is 318 g/mol. The molecule has 2 N–H and O–H groups in total. The minimum absolute atomic E-state index is 0. The molecule has 0 aromatic heterocycles. The molecule has 1 aromatic carbocycles. The van der Waals surface area contributed by atoms with Crippen molar-refractivity contribution in [3.8, 4) is 0 Å². The number of carbonyl (C=O) groups is 2. The molecule has 23 heavy (non-hydrogen) atoms. The van der Waals surface area contributed by atoms with Crippen molar-refractivity contribution >= 4 is 29.9 Å². The Bertz CT molecular complexity index is 581. The third-order valence-corrected chi connectivity index (χ3v) is 4.20. The molecule has 2 heterocycles. The van der Waals surface area contributed by atoms with Crippen molar-refractivity contribution in [2.45, 2.75) is 25.5 Å². The standard InChI is InChI=1S/C16H21N3O3.ClH/c1-11-15(17-7-9-22-11)16(21)18-10-14(20)19-8-6-12-4-2-3-5-13(12)19;/h2-5,11,15,17H,6-10H2,1H3,(H,18,21);1H/t11-,15+;/m1./s1. The van der Waals surface area contributed by atoms with Gasteiger partial charge in [-0.25, -0.2) is 0 Å². The molecule has 2 aliphatic rings. The minimum atomic E-state index is -0.396. The number of para-hydroxylation sites is 1. The molecule has 0 radical (unpaired) electrons. The Balaban J connectivity index is 0.00000192. The molecule has 0 saturated carbocycles. The van der Waals surface area contributed by atoms with Gasteiger partial charge in [0.15, 0.2) is 0 Å². The fraction of sp³-hybridized carbons (Fsp3) is 0.500. The molecule has 1 fully saturated rings. The number of anilines is 1. The van der Waals surface area contributed by atoms with E-state index in [2.05, 4.69) is 10.6 Å².